The largest absolute Gasteiger partial charge is 0.485 e. The van der Waals surface area contributed by atoms with E-state index in [2.05, 4.69) is 0 Å². The second-order valence-corrected chi connectivity index (χ2v) is 9.62. The van der Waals surface area contributed by atoms with Crippen molar-refractivity contribution >= 4 is 17.9 Å². The first kappa shape index (κ1) is 26.9. The first-order valence-electron chi connectivity index (χ1n) is 11.7. The Labute approximate surface area is 208 Å². The zero-order valence-electron chi connectivity index (χ0n) is 20.8. The third-order valence-electron chi connectivity index (χ3n) is 5.64. The van der Waals surface area contributed by atoms with Crippen molar-refractivity contribution in [1.82, 2.24) is 9.80 Å². The minimum Gasteiger partial charge on any atom is -0.485 e. The van der Waals surface area contributed by atoms with Crippen LogP contribution in [0.15, 0.2) is 36.4 Å². The van der Waals surface area contributed by atoms with Crippen LogP contribution in [0.2, 0.25) is 0 Å². The van der Waals surface area contributed by atoms with Gasteiger partial charge in [-0.3, -0.25) is 9.59 Å². The maximum Gasteiger partial charge on any atom is 0.410 e. The Morgan fingerprint density at radius 2 is 1.61 bits per heavy atom. The fourth-order valence-electron chi connectivity index (χ4n) is 3.82. The summed E-state index contributed by atoms with van der Waals surface area (Å²) in [6.07, 6.45) is -0.633. The molecule has 1 atom stereocenters. The lowest BCUT2D eigenvalue weighted by Crippen LogP contribution is -2.40. The van der Waals surface area contributed by atoms with Gasteiger partial charge in [-0.15, -0.1) is 0 Å². The summed E-state index contributed by atoms with van der Waals surface area (Å²) in [4.78, 5) is 40.3. The minimum absolute atomic E-state index is 0.0725. The fourth-order valence-corrected chi connectivity index (χ4v) is 3.82. The number of amides is 3. The first-order chi connectivity index (χ1) is 16.9. The molecule has 2 aromatic carbocycles. The van der Waals surface area contributed by atoms with Gasteiger partial charge in [0.1, 0.15) is 29.1 Å². The van der Waals surface area contributed by atoms with Gasteiger partial charge in [-0.1, -0.05) is 6.07 Å². The van der Waals surface area contributed by atoms with Crippen LogP contribution in [0.25, 0.3) is 0 Å². The van der Waals surface area contributed by atoms with Crippen molar-refractivity contribution in [3.05, 3.63) is 64.7 Å². The number of hydrogen-bond acceptors (Lipinski definition) is 5. The molecule has 1 unspecified atom stereocenters. The van der Waals surface area contributed by atoms with Gasteiger partial charge in [-0.05, 0) is 70.0 Å². The van der Waals surface area contributed by atoms with Crippen LogP contribution in [-0.4, -0.2) is 59.5 Å². The highest BCUT2D eigenvalue weighted by Crippen LogP contribution is 2.27. The van der Waals surface area contributed by atoms with Crippen molar-refractivity contribution < 1.29 is 32.6 Å². The van der Waals surface area contributed by atoms with Crippen LogP contribution >= 0.6 is 0 Å². The number of primary amides is 1. The number of halogens is 2. The standard InChI is InChI=1S/C26H31F2N3O5/c1-16(35-22-9-7-18(27)15-20(22)23(29)32)17-6-8-21(28)19(14-17)24(33)30-10-5-11-31(13-12-30)25(34)36-26(2,3)4/h6-9,14-16H,5,10-13H2,1-4H3,(H2,29,32). The molecule has 194 valence electrons. The van der Waals surface area contributed by atoms with Crippen LogP contribution in [-0.2, 0) is 4.74 Å². The van der Waals surface area contributed by atoms with Crippen molar-refractivity contribution in [2.24, 2.45) is 5.73 Å². The molecule has 1 aliphatic rings. The molecule has 2 aromatic rings. The summed E-state index contributed by atoms with van der Waals surface area (Å²) in [5, 5.41) is 0. The molecule has 8 nitrogen and oxygen atoms in total. The monoisotopic (exact) mass is 503 g/mol. The van der Waals surface area contributed by atoms with E-state index in [1.165, 1.54) is 29.2 Å². The number of ether oxygens (including phenoxy) is 2. The van der Waals surface area contributed by atoms with E-state index in [0.29, 0.717) is 25.1 Å². The first-order valence-corrected chi connectivity index (χ1v) is 11.7. The van der Waals surface area contributed by atoms with Gasteiger partial charge in [0.05, 0.1) is 11.1 Å². The molecule has 1 saturated heterocycles. The summed E-state index contributed by atoms with van der Waals surface area (Å²) in [5.74, 6) is -2.62. The third kappa shape index (κ3) is 6.71. The molecule has 0 aromatic heterocycles. The predicted molar refractivity (Wildman–Crippen MR) is 129 cm³/mol. The van der Waals surface area contributed by atoms with Gasteiger partial charge in [-0.2, -0.15) is 0 Å². The van der Waals surface area contributed by atoms with Crippen molar-refractivity contribution in [3.63, 3.8) is 0 Å². The molecular weight excluding hydrogens is 472 g/mol. The van der Waals surface area contributed by atoms with Gasteiger partial charge in [0.2, 0.25) is 0 Å². The fraction of sp³-hybridized carbons (Fsp3) is 0.423. The van der Waals surface area contributed by atoms with Crippen molar-refractivity contribution in [2.45, 2.75) is 45.8 Å². The molecule has 10 heteroatoms. The van der Waals surface area contributed by atoms with Crippen LogP contribution < -0.4 is 10.5 Å². The van der Waals surface area contributed by atoms with Gasteiger partial charge in [0.15, 0.2) is 0 Å². The number of benzene rings is 2. The SMILES string of the molecule is CC(Oc1ccc(F)cc1C(N)=O)c1ccc(F)c(C(=O)N2CCCN(C(=O)OC(C)(C)C)CC2)c1. The Morgan fingerprint density at radius 3 is 2.28 bits per heavy atom. The Balaban J connectivity index is 1.74. The summed E-state index contributed by atoms with van der Waals surface area (Å²) in [6.45, 7) is 8.27. The molecule has 0 spiro atoms. The van der Waals surface area contributed by atoms with E-state index in [9.17, 15) is 23.2 Å². The molecule has 3 amide bonds. The van der Waals surface area contributed by atoms with E-state index in [-0.39, 0.29) is 30.0 Å². The van der Waals surface area contributed by atoms with Crippen LogP contribution in [0.5, 0.6) is 5.75 Å². The second-order valence-electron chi connectivity index (χ2n) is 9.62. The molecule has 1 aliphatic heterocycles. The van der Waals surface area contributed by atoms with Crippen molar-refractivity contribution in [2.75, 3.05) is 26.2 Å². The quantitative estimate of drug-likeness (QED) is 0.656. The maximum absolute atomic E-state index is 14.7. The molecule has 3 rings (SSSR count). The van der Waals surface area contributed by atoms with Crippen molar-refractivity contribution in [3.8, 4) is 5.75 Å². The molecule has 0 bridgehead atoms. The topological polar surface area (TPSA) is 102 Å². The molecular formula is C26H31F2N3O5. The van der Waals surface area contributed by atoms with E-state index in [0.717, 1.165) is 12.1 Å². The van der Waals surface area contributed by atoms with E-state index in [1.54, 1.807) is 32.6 Å². The van der Waals surface area contributed by atoms with Gasteiger partial charge in [0.25, 0.3) is 11.8 Å². The Hall–Kier alpha value is -3.69. The molecule has 2 N–H and O–H groups in total. The van der Waals surface area contributed by atoms with Crippen LogP contribution in [0, 0.1) is 11.6 Å². The average molecular weight is 504 g/mol. The normalized spacial score (nSPS) is 15.2. The van der Waals surface area contributed by atoms with E-state index in [4.69, 9.17) is 15.2 Å². The lowest BCUT2D eigenvalue weighted by molar-refractivity contribution is 0.0255. The number of carbonyl (C=O) groups excluding carboxylic acids is 3. The zero-order chi connectivity index (χ0) is 26.6. The van der Waals surface area contributed by atoms with Crippen LogP contribution in [0.1, 0.15) is 66.5 Å². The molecule has 0 aliphatic carbocycles. The highest BCUT2D eigenvalue weighted by atomic mass is 19.1. The van der Waals surface area contributed by atoms with Gasteiger partial charge >= 0.3 is 6.09 Å². The molecule has 1 fully saturated rings. The second kappa shape index (κ2) is 10.9. The number of rotatable bonds is 5. The van der Waals surface area contributed by atoms with Gasteiger partial charge in [-0.25, -0.2) is 13.6 Å². The van der Waals surface area contributed by atoms with E-state index < -0.39 is 41.2 Å². The zero-order valence-corrected chi connectivity index (χ0v) is 20.8. The smallest absolute Gasteiger partial charge is 0.410 e. The Kier molecular flexibility index (Phi) is 8.17. The van der Waals surface area contributed by atoms with Crippen LogP contribution in [0.4, 0.5) is 13.6 Å². The summed E-state index contributed by atoms with van der Waals surface area (Å²) in [6, 6.07) is 7.43. The molecule has 0 radical (unpaired) electrons. The average Bonchev–Trinajstić information content (AvgIpc) is 3.05. The summed E-state index contributed by atoms with van der Waals surface area (Å²) >= 11 is 0. The lowest BCUT2D eigenvalue weighted by atomic mass is 10.0. The summed E-state index contributed by atoms with van der Waals surface area (Å²) in [7, 11) is 0. The minimum atomic E-state index is -0.853. The Morgan fingerprint density at radius 1 is 0.944 bits per heavy atom. The lowest BCUT2D eigenvalue weighted by Gasteiger charge is -2.26. The number of carbonyl (C=O) groups is 3. The Bertz CT molecular complexity index is 1150. The molecule has 1 heterocycles. The number of hydrogen-bond donors (Lipinski definition) is 1. The van der Waals surface area contributed by atoms with E-state index >= 15 is 0 Å². The van der Waals surface area contributed by atoms with Crippen LogP contribution in [0.3, 0.4) is 0 Å². The highest BCUT2D eigenvalue weighted by molar-refractivity contribution is 5.96. The predicted octanol–water partition coefficient (Wildman–Crippen LogP) is 4.29. The van der Waals surface area contributed by atoms with Gasteiger partial charge < -0.3 is 25.0 Å². The highest BCUT2D eigenvalue weighted by Gasteiger charge is 2.28. The summed E-state index contributed by atoms with van der Waals surface area (Å²) in [5.41, 5.74) is 4.90. The molecule has 36 heavy (non-hydrogen) atoms. The van der Waals surface area contributed by atoms with Crippen molar-refractivity contribution in [1.29, 1.82) is 0 Å². The third-order valence-corrected chi connectivity index (χ3v) is 5.64. The number of nitrogens with zero attached hydrogens (tertiary/aromatic N) is 2. The summed E-state index contributed by atoms with van der Waals surface area (Å²) < 4.78 is 39.4. The maximum atomic E-state index is 14.7. The molecule has 0 saturated carbocycles. The van der Waals surface area contributed by atoms with Gasteiger partial charge in [0, 0.05) is 26.2 Å². The number of nitrogens with two attached hydrogens (primary N) is 1. The van der Waals surface area contributed by atoms with E-state index in [1.807, 2.05) is 0 Å².